The van der Waals surface area contributed by atoms with Crippen LogP contribution in [0.4, 0.5) is 0 Å². The predicted octanol–water partition coefficient (Wildman–Crippen LogP) is 3.02. The monoisotopic (exact) mass is 307 g/mol. The van der Waals surface area contributed by atoms with E-state index in [-0.39, 0.29) is 0 Å². The van der Waals surface area contributed by atoms with E-state index >= 15 is 0 Å². The molecule has 4 nitrogen and oxygen atoms in total. The molecule has 1 aromatic heterocycles. The molecule has 1 aliphatic rings. The summed E-state index contributed by atoms with van der Waals surface area (Å²) in [6, 6.07) is 5.87. The second-order valence-corrected chi connectivity index (χ2v) is 5.91. The Balaban J connectivity index is 1.68. The summed E-state index contributed by atoms with van der Waals surface area (Å²) in [5, 5.41) is 4.11. The standard InChI is InChI=1S/C16H22ClN3O/c1-2-20-15-11-12(17)3-4-14(15)19-16(20)7-10-21-13-5-8-18-9-6-13/h3-4,11,13,18H,2,5-10H2,1H3. The number of aromatic nitrogens is 2. The fourth-order valence-corrected chi connectivity index (χ4v) is 3.13. The van der Waals surface area contributed by atoms with Crippen molar-refractivity contribution in [2.75, 3.05) is 19.7 Å². The van der Waals surface area contributed by atoms with E-state index < -0.39 is 0 Å². The van der Waals surface area contributed by atoms with E-state index in [4.69, 9.17) is 21.3 Å². The summed E-state index contributed by atoms with van der Waals surface area (Å²) in [6.45, 7) is 5.91. The zero-order chi connectivity index (χ0) is 14.7. The van der Waals surface area contributed by atoms with Crippen molar-refractivity contribution in [3.05, 3.63) is 29.0 Å². The van der Waals surface area contributed by atoms with Gasteiger partial charge in [0.1, 0.15) is 5.82 Å². The van der Waals surface area contributed by atoms with Gasteiger partial charge < -0.3 is 14.6 Å². The number of fused-ring (bicyclic) bond motifs is 1. The normalized spacial score (nSPS) is 16.7. The van der Waals surface area contributed by atoms with Crippen LogP contribution in [0.5, 0.6) is 0 Å². The first-order chi connectivity index (χ1) is 10.3. The SMILES string of the molecule is CCn1c(CCOC2CCNCC2)nc2ccc(Cl)cc21. The molecule has 1 N–H and O–H groups in total. The molecule has 2 aromatic rings. The van der Waals surface area contributed by atoms with Crippen LogP contribution in [0.2, 0.25) is 5.02 Å². The van der Waals surface area contributed by atoms with Crippen LogP contribution >= 0.6 is 11.6 Å². The van der Waals surface area contributed by atoms with Gasteiger partial charge >= 0.3 is 0 Å². The number of rotatable bonds is 5. The topological polar surface area (TPSA) is 39.1 Å². The Bertz CT molecular complexity index is 605. The molecular formula is C16H22ClN3O. The molecule has 0 aliphatic carbocycles. The number of nitrogens with one attached hydrogen (secondary N) is 1. The van der Waals surface area contributed by atoms with Crippen molar-refractivity contribution in [3.63, 3.8) is 0 Å². The van der Waals surface area contributed by atoms with Crippen LogP contribution in [-0.4, -0.2) is 35.4 Å². The second-order valence-electron chi connectivity index (χ2n) is 5.48. The molecular weight excluding hydrogens is 286 g/mol. The molecule has 0 spiro atoms. The van der Waals surface area contributed by atoms with E-state index in [2.05, 4.69) is 16.8 Å². The first-order valence-electron chi connectivity index (χ1n) is 7.75. The van der Waals surface area contributed by atoms with Gasteiger partial charge in [-0.05, 0) is 51.1 Å². The fraction of sp³-hybridized carbons (Fsp3) is 0.562. The Morgan fingerprint density at radius 2 is 2.19 bits per heavy atom. The van der Waals surface area contributed by atoms with Crippen LogP contribution in [0.25, 0.3) is 11.0 Å². The predicted molar refractivity (Wildman–Crippen MR) is 86.0 cm³/mol. The van der Waals surface area contributed by atoms with E-state index in [1.807, 2.05) is 18.2 Å². The molecule has 114 valence electrons. The van der Waals surface area contributed by atoms with Gasteiger partial charge in [0.15, 0.2) is 0 Å². The lowest BCUT2D eigenvalue weighted by molar-refractivity contribution is 0.0340. The minimum absolute atomic E-state index is 0.403. The maximum Gasteiger partial charge on any atom is 0.112 e. The third-order valence-electron chi connectivity index (χ3n) is 4.07. The molecule has 0 saturated carbocycles. The number of hydrogen-bond acceptors (Lipinski definition) is 3. The number of nitrogens with zero attached hydrogens (tertiary/aromatic N) is 2. The quantitative estimate of drug-likeness (QED) is 0.923. The maximum absolute atomic E-state index is 6.09. The molecule has 0 amide bonds. The summed E-state index contributed by atoms with van der Waals surface area (Å²) in [6.07, 6.45) is 3.48. The Hall–Kier alpha value is -1.10. The molecule has 0 atom stereocenters. The lowest BCUT2D eigenvalue weighted by Crippen LogP contribution is -2.32. The van der Waals surface area contributed by atoms with E-state index in [1.54, 1.807) is 0 Å². The van der Waals surface area contributed by atoms with Crippen LogP contribution in [-0.2, 0) is 17.7 Å². The lowest BCUT2D eigenvalue weighted by atomic mass is 10.1. The summed E-state index contributed by atoms with van der Waals surface area (Å²) in [5.41, 5.74) is 2.12. The third-order valence-corrected chi connectivity index (χ3v) is 4.31. The molecule has 5 heteroatoms. The van der Waals surface area contributed by atoms with Crippen LogP contribution in [0, 0.1) is 0 Å². The molecule has 1 saturated heterocycles. The number of aryl methyl sites for hydroxylation is 1. The van der Waals surface area contributed by atoms with Crippen molar-refractivity contribution in [1.29, 1.82) is 0 Å². The minimum atomic E-state index is 0.403. The average molecular weight is 308 g/mol. The molecule has 2 heterocycles. The first-order valence-corrected chi connectivity index (χ1v) is 8.12. The Kier molecular flexibility index (Phi) is 4.78. The molecule has 21 heavy (non-hydrogen) atoms. The van der Waals surface area contributed by atoms with Gasteiger partial charge in [-0.3, -0.25) is 0 Å². The molecule has 0 bridgehead atoms. The highest BCUT2D eigenvalue weighted by Gasteiger charge is 2.14. The zero-order valence-electron chi connectivity index (χ0n) is 12.4. The molecule has 0 radical (unpaired) electrons. The molecule has 1 fully saturated rings. The van der Waals surface area contributed by atoms with Gasteiger partial charge in [0.2, 0.25) is 0 Å². The third kappa shape index (κ3) is 3.39. The molecule has 1 aromatic carbocycles. The van der Waals surface area contributed by atoms with E-state index in [0.717, 1.165) is 67.4 Å². The van der Waals surface area contributed by atoms with Crippen molar-refractivity contribution in [1.82, 2.24) is 14.9 Å². The maximum atomic E-state index is 6.09. The van der Waals surface area contributed by atoms with E-state index in [9.17, 15) is 0 Å². The van der Waals surface area contributed by atoms with Gasteiger partial charge in [-0.2, -0.15) is 0 Å². The van der Waals surface area contributed by atoms with Gasteiger partial charge in [-0.15, -0.1) is 0 Å². The van der Waals surface area contributed by atoms with Gasteiger partial charge in [0.25, 0.3) is 0 Å². The highest BCUT2D eigenvalue weighted by atomic mass is 35.5. The Labute approximate surface area is 130 Å². The van der Waals surface area contributed by atoms with Gasteiger partial charge in [0, 0.05) is 18.0 Å². The number of imidazole rings is 1. The number of ether oxygens (including phenoxy) is 1. The second kappa shape index (κ2) is 6.77. The number of piperidine rings is 1. The van der Waals surface area contributed by atoms with Crippen molar-refractivity contribution >= 4 is 22.6 Å². The van der Waals surface area contributed by atoms with E-state index in [1.165, 1.54) is 0 Å². The smallest absolute Gasteiger partial charge is 0.112 e. The summed E-state index contributed by atoms with van der Waals surface area (Å²) in [4.78, 5) is 4.72. The highest BCUT2D eigenvalue weighted by Crippen LogP contribution is 2.21. The van der Waals surface area contributed by atoms with Crippen LogP contribution in [0.3, 0.4) is 0 Å². The van der Waals surface area contributed by atoms with Crippen molar-refractivity contribution in [2.24, 2.45) is 0 Å². The first kappa shape index (κ1) is 14.8. The summed E-state index contributed by atoms with van der Waals surface area (Å²) < 4.78 is 8.22. The number of benzene rings is 1. The van der Waals surface area contributed by atoms with Gasteiger partial charge in [0.05, 0.1) is 23.7 Å². The summed E-state index contributed by atoms with van der Waals surface area (Å²) in [7, 11) is 0. The van der Waals surface area contributed by atoms with Crippen LogP contribution in [0.15, 0.2) is 18.2 Å². The van der Waals surface area contributed by atoms with Crippen LogP contribution in [0.1, 0.15) is 25.6 Å². The summed E-state index contributed by atoms with van der Waals surface area (Å²) in [5.74, 6) is 1.09. The largest absolute Gasteiger partial charge is 0.378 e. The van der Waals surface area contributed by atoms with Gasteiger partial charge in [-0.25, -0.2) is 4.98 Å². The molecule has 3 rings (SSSR count). The Morgan fingerprint density at radius 3 is 2.95 bits per heavy atom. The number of halogens is 1. The minimum Gasteiger partial charge on any atom is -0.378 e. The highest BCUT2D eigenvalue weighted by molar-refractivity contribution is 6.31. The van der Waals surface area contributed by atoms with E-state index in [0.29, 0.717) is 6.10 Å². The van der Waals surface area contributed by atoms with Crippen LogP contribution < -0.4 is 5.32 Å². The van der Waals surface area contributed by atoms with Crippen molar-refractivity contribution in [3.8, 4) is 0 Å². The number of hydrogen-bond donors (Lipinski definition) is 1. The summed E-state index contributed by atoms with van der Waals surface area (Å²) >= 11 is 6.09. The van der Waals surface area contributed by atoms with Crippen molar-refractivity contribution in [2.45, 2.75) is 38.8 Å². The Morgan fingerprint density at radius 1 is 1.38 bits per heavy atom. The zero-order valence-corrected chi connectivity index (χ0v) is 13.2. The lowest BCUT2D eigenvalue weighted by Gasteiger charge is -2.22. The fourth-order valence-electron chi connectivity index (χ4n) is 2.97. The molecule has 0 unspecified atom stereocenters. The van der Waals surface area contributed by atoms with Gasteiger partial charge in [-0.1, -0.05) is 11.6 Å². The van der Waals surface area contributed by atoms with Crippen molar-refractivity contribution < 1.29 is 4.74 Å². The average Bonchev–Trinajstić information content (AvgIpc) is 2.85. The molecule has 1 aliphatic heterocycles.